The number of nitrogens with two attached hydrogens (primary N) is 1. The summed E-state index contributed by atoms with van der Waals surface area (Å²) in [4.78, 5) is 20.3. The maximum atomic E-state index is 12.0. The number of amides is 1. The number of imidazole rings is 1. The van der Waals surface area contributed by atoms with E-state index < -0.39 is 0 Å². The van der Waals surface area contributed by atoms with Crippen LogP contribution in [0.1, 0.15) is 29.3 Å². The monoisotopic (exact) mass is 279 g/mol. The van der Waals surface area contributed by atoms with Gasteiger partial charge in [0.15, 0.2) is 0 Å². The van der Waals surface area contributed by atoms with E-state index in [1.807, 2.05) is 10.8 Å². The highest BCUT2D eigenvalue weighted by molar-refractivity contribution is 7.09. The van der Waals surface area contributed by atoms with Crippen molar-refractivity contribution in [2.24, 2.45) is 11.7 Å². The number of carbonyl (C=O) groups excluding carboxylic acids is 1. The number of nitrogens with zero attached hydrogens (tertiary/aromatic N) is 3. The summed E-state index contributed by atoms with van der Waals surface area (Å²) in [6.07, 6.45) is 3.52. The molecule has 2 aromatic heterocycles. The molecular weight excluding hydrogens is 262 g/mol. The molecule has 0 aliphatic heterocycles. The lowest BCUT2D eigenvalue weighted by Crippen LogP contribution is -2.17. The Kier molecular flexibility index (Phi) is 4.28. The summed E-state index contributed by atoms with van der Waals surface area (Å²) >= 11 is 1.38. The second-order valence-corrected chi connectivity index (χ2v) is 5.52. The predicted octanol–water partition coefficient (Wildman–Crippen LogP) is 1.71. The van der Waals surface area contributed by atoms with Crippen molar-refractivity contribution in [2.45, 2.75) is 26.9 Å². The van der Waals surface area contributed by atoms with Gasteiger partial charge in [-0.15, -0.1) is 11.3 Å². The van der Waals surface area contributed by atoms with Crippen LogP contribution < -0.4 is 11.1 Å². The molecular formula is C12H17N5OS. The Bertz CT molecular complexity index is 560. The highest BCUT2D eigenvalue weighted by Crippen LogP contribution is 2.12. The summed E-state index contributed by atoms with van der Waals surface area (Å²) in [7, 11) is 0. The third-order valence-corrected chi connectivity index (χ3v) is 3.33. The van der Waals surface area contributed by atoms with E-state index in [1.165, 1.54) is 11.3 Å². The van der Waals surface area contributed by atoms with Gasteiger partial charge in [0, 0.05) is 30.9 Å². The molecule has 0 aliphatic rings. The van der Waals surface area contributed by atoms with E-state index in [0.717, 1.165) is 11.6 Å². The lowest BCUT2D eigenvalue weighted by Gasteiger charge is -2.10. The van der Waals surface area contributed by atoms with Crippen molar-refractivity contribution >= 4 is 23.2 Å². The van der Waals surface area contributed by atoms with Gasteiger partial charge in [-0.2, -0.15) is 0 Å². The number of anilines is 1. The molecule has 0 aliphatic carbocycles. The zero-order chi connectivity index (χ0) is 13.8. The van der Waals surface area contributed by atoms with E-state index in [9.17, 15) is 4.79 Å². The average Bonchev–Trinajstić information content (AvgIpc) is 2.98. The fraction of sp³-hybridized carbons (Fsp3) is 0.417. The number of thiazole rings is 1. The van der Waals surface area contributed by atoms with Crippen molar-refractivity contribution in [1.29, 1.82) is 0 Å². The summed E-state index contributed by atoms with van der Waals surface area (Å²) in [6, 6.07) is 0. The summed E-state index contributed by atoms with van der Waals surface area (Å²) in [5.74, 6) is 0.765. The Morgan fingerprint density at radius 3 is 3.00 bits per heavy atom. The van der Waals surface area contributed by atoms with Crippen LogP contribution in [0.5, 0.6) is 0 Å². The maximum absolute atomic E-state index is 12.0. The zero-order valence-corrected chi connectivity index (χ0v) is 11.8. The highest BCUT2D eigenvalue weighted by Gasteiger charge is 2.13. The normalized spacial score (nSPS) is 10.9. The number of rotatable bonds is 5. The first-order chi connectivity index (χ1) is 9.10. The molecule has 102 valence electrons. The molecule has 0 bridgehead atoms. The van der Waals surface area contributed by atoms with Gasteiger partial charge in [-0.05, 0) is 5.92 Å². The molecule has 2 aromatic rings. The van der Waals surface area contributed by atoms with Crippen molar-refractivity contribution in [3.63, 3.8) is 0 Å². The fourth-order valence-corrected chi connectivity index (χ4v) is 2.30. The van der Waals surface area contributed by atoms with Gasteiger partial charge in [-0.1, -0.05) is 13.8 Å². The molecule has 0 saturated carbocycles. The lowest BCUT2D eigenvalue weighted by atomic mass is 10.2. The molecule has 0 spiro atoms. The second kappa shape index (κ2) is 5.94. The number of hydrogen-bond donors (Lipinski definition) is 2. The van der Waals surface area contributed by atoms with Crippen LogP contribution in [0.15, 0.2) is 17.8 Å². The zero-order valence-electron chi connectivity index (χ0n) is 11.0. The smallest absolute Gasteiger partial charge is 0.277 e. The van der Waals surface area contributed by atoms with Crippen molar-refractivity contribution in [1.82, 2.24) is 14.5 Å². The van der Waals surface area contributed by atoms with E-state index >= 15 is 0 Å². The Morgan fingerprint density at radius 2 is 2.37 bits per heavy atom. The second-order valence-electron chi connectivity index (χ2n) is 4.58. The standard InChI is InChI=1S/C12H17N5OS/c1-8(2)6-17-4-3-14-12(17)16-11(18)9-7-19-10(5-13)15-9/h3-4,7-8H,5-6,13H2,1-2H3,(H,14,16,18). The van der Waals surface area contributed by atoms with E-state index in [-0.39, 0.29) is 5.91 Å². The minimum absolute atomic E-state index is 0.257. The Labute approximate surface area is 115 Å². The molecule has 0 saturated heterocycles. The Balaban J connectivity index is 2.08. The van der Waals surface area contributed by atoms with Crippen LogP contribution in [0.3, 0.4) is 0 Å². The van der Waals surface area contributed by atoms with Crippen LogP contribution in [0.4, 0.5) is 5.95 Å². The van der Waals surface area contributed by atoms with Crippen molar-refractivity contribution in [3.05, 3.63) is 28.5 Å². The minimum atomic E-state index is -0.257. The Morgan fingerprint density at radius 1 is 1.58 bits per heavy atom. The van der Waals surface area contributed by atoms with Gasteiger partial charge >= 0.3 is 0 Å². The largest absolute Gasteiger partial charge is 0.325 e. The summed E-state index contributed by atoms with van der Waals surface area (Å²) in [5.41, 5.74) is 5.86. The molecule has 0 radical (unpaired) electrons. The molecule has 7 heteroatoms. The van der Waals surface area contributed by atoms with Gasteiger partial charge in [0.1, 0.15) is 10.7 Å². The van der Waals surface area contributed by atoms with E-state index in [4.69, 9.17) is 5.73 Å². The molecule has 0 atom stereocenters. The quantitative estimate of drug-likeness (QED) is 0.872. The van der Waals surface area contributed by atoms with Gasteiger partial charge in [0.25, 0.3) is 5.91 Å². The average molecular weight is 279 g/mol. The van der Waals surface area contributed by atoms with Crippen molar-refractivity contribution in [2.75, 3.05) is 5.32 Å². The molecule has 2 rings (SSSR count). The van der Waals surface area contributed by atoms with Gasteiger partial charge in [0.2, 0.25) is 5.95 Å². The number of hydrogen-bond acceptors (Lipinski definition) is 5. The molecule has 0 unspecified atom stereocenters. The fourth-order valence-electron chi connectivity index (χ4n) is 1.65. The van der Waals surface area contributed by atoms with Gasteiger partial charge in [-0.3, -0.25) is 10.1 Å². The van der Waals surface area contributed by atoms with Crippen LogP contribution >= 0.6 is 11.3 Å². The molecule has 6 nitrogen and oxygen atoms in total. The molecule has 2 heterocycles. The first-order valence-corrected chi connectivity index (χ1v) is 6.95. The van der Waals surface area contributed by atoms with Crippen LogP contribution in [0.25, 0.3) is 0 Å². The summed E-state index contributed by atoms with van der Waals surface area (Å²) < 4.78 is 1.92. The third-order valence-electron chi connectivity index (χ3n) is 2.46. The Hall–Kier alpha value is -1.73. The first kappa shape index (κ1) is 13.7. The molecule has 19 heavy (non-hydrogen) atoms. The first-order valence-electron chi connectivity index (χ1n) is 6.07. The van der Waals surface area contributed by atoms with Gasteiger partial charge in [-0.25, -0.2) is 9.97 Å². The van der Waals surface area contributed by atoms with Crippen molar-refractivity contribution < 1.29 is 4.79 Å². The van der Waals surface area contributed by atoms with E-state index in [0.29, 0.717) is 24.1 Å². The van der Waals surface area contributed by atoms with Crippen LogP contribution in [-0.4, -0.2) is 20.4 Å². The van der Waals surface area contributed by atoms with Crippen LogP contribution in [0.2, 0.25) is 0 Å². The lowest BCUT2D eigenvalue weighted by molar-refractivity contribution is 0.102. The molecule has 1 amide bonds. The molecule has 3 N–H and O–H groups in total. The van der Waals surface area contributed by atoms with Crippen LogP contribution in [-0.2, 0) is 13.1 Å². The van der Waals surface area contributed by atoms with Crippen LogP contribution in [0, 0.1) is 5.92 Å². The molecule has 0 fully saturated rings. The van der Waals surface area contributed by atoms with Gasteiger partial charge in [0.05, 0.1) is 0 Å². The van der Waals surface area contributed by atoms with Gasteiger partial charge < -0.3 is 10.3 Å². The SMILES string of the molecule is CC(C)Cn1ccnc1NC(=O)c1csc(CN)n1. The highest BCUT2D eigenvalue weighted by atomic mass is 32.1. The molecule has 0 aromatic carbocycles. The predicted molar refractivity (Wildman–Crippen MR) is 75.0 cm³/mol. The maximum Gasteiger partial charge on any atom is 0.277 e. The van der Waals surface area contributed by atoms with E-state index in [1.54, 1.807) is 11.6 Å². The van der Waals surface area contributed by atoms with Crippen molar-refractivity contribution in [3.8, 4) is 0 Å². The third kappa shape index (κ3) is 3.39. The van der Waals surface area contributed by atoms with E-state index in [2.05, 4.69) is 29.1 Å². The summed E-state index contributed by atoms with van der Waals surface area (Å²) in [5, 5.41) is 5.21. The number of carbonyl (C=O) groups is 1. The summed E-state index contributed by atoms with van der Waals surface area (Å²) in [6.45, 7) is 5.37. The number of aromatic nitrogens is 3. The minimum Gasteiger partial charge on any atom is -0.325 e. The topological polar surface area (TPSA) is 85.8 Å². The number of nitrogens with one attached hydrogen (secondary N) is 1.